The number of hydrogen-bond acceptors (Lipinski definition) is 12. The predicted molar refractivity (Wildman–Crippen MR) is 236 cm³/mol. The van der Waals surface area contributed by atoms with E-state index in [0.717, 1.165) is 39.4 Å². The molecule has 2 aliphatic rings. The van der Waals surface area contributed by atoms with Crippen molar-refractivity contribution in [3.63, 3.8) is 0 Å². The number of amides is 1. The van der Waals surface area contributed by atoms with Gasteiger partial charge in [-0.05, 0) is 93.4 Å². The van der Waals surface area contributed by atoms with Gasteiger partial charge in [-0.1, -0.05) is 87.0 Å². The first kappa shape index (κ1) is 57.8. The lowest BCUT2D eigenvalue weighted by molar-refractivity contribution is -0.183. The van der Waals surface area contributed by atoms with Gasteiger partial charge in [0.1, 0.15) is 0 Å². The SMILES string of the molecule is CC.CC.CC.CCC1=C/C(=C/C=C2/N(CCCS(=O)(=O)O)c3ccc(SN(C)CCCC(=O)OF)cc3C2(C)C)CC(C)(C(=O)NCCS(=O)(=O)O)C1.CCOC=O. The summed E-state index contributed by atoms with van der Waals surface area (Å²) in [5, 5.41) is 2.65. The molecule has 0 saturated heterocycles. The summed E-state index contributed by atoms with van der Waals surface area (Å²) in [4.78, 5) is 39.7. The molecule has 59 heavy (non-hydrogen) atoms. The molecular weight excluding hydrogens is 826 g/mol. The average molecular weight is 896 g/mol. The Morgan fingerprint density at radius 1 is 0.966 bits per heavy atom. The summed E-state index contributed by atoms with van der Waals surface area (Å²) in [5.74, 6) is -2.18. The Morgan fingerprint density at radius 3 is 2.08 bits per heavy atom. The Labute approximate surface area is 358 Å². The maximum atomic E-state index is 13.2. The normalized spacial score (nSPS) is 18.0. The van der Waals surface area contributed by atoms with Crippen molar-refractivity contribution >= 4 is 56.2 Å². The molecule has 0 bridgehead atoms. The molecule has 340 valence electrons. The Kier molecular flexibility index (Phi) is 28.5. The van der Waals surface area contributed by atoms with Crippen molar-refractivity contribution in [1.29, 1.82) is 0 Å². The molecule has 1 aromatic carbocycles. The first-order valence-electron chi connectivity index (χ1n) is 20.2. The average Bonchev–Trinajstić information content (AvgIpc) is 3.39. The van der Waals surface area contributed by atoms with E-state index in [1.165, 1.54) is 11.9 Å². The third-order valence-electron chi connectivity index (χ3n) is 8.79. The first-order chi connectivity index (χ1) is 27.7. The van der Waals surface area contributed by atoms with Crippen LogP contribution in [-0.4, -0.2) is 93.4 Å². The molecule has 1 atom stereocenters. The number of hydrogen-bond donors (Lipinski definition) is 3. The second-order valence-corrected chi connectivity index (χ2v) is 18.0. The molecule has 3 N–H and O–H groups in total. The summed E-state index contributed by atoms with van der Waals surface area (Å²) in [6.45, 7) is 23.3. The molecule has 0 saturated carbocycles. The third-order valence-corrected chi connectivity index (χ3v) is 11.3. The zero-order valence-corrected chi connectivity index (χ0v) is 39.5. The lowest BCUT2D eigenvalue weighted by Crippen LogP contribution is -2.42. The van der Waals surface area contributed by atoms with E-state index in [9.17, 15) is 40.3 Å². The molecule has 1 heterocycles. The fourth-order valence-electron chi connectivity index (χ4n) is 6.20. The molecule has 3 rings (SSSR count). The molecule has 1 aliphatic heterocycles. The number of fused-ring (bicyclic) bond motifs is 1. The van der Waals surface area contributed by atoms with Crippen LogP contribution in [0.1, 0.15) is 120 Å². The second kappa shape index (κ2) is 29.0. The lowest BCUT2D eigenvalue weighted by Gasteiger charge is -2.34. The quantitative estimate of drug-likeness (QED) is 0.0721. The summed E-state index contributed by atoms with van der Waals surface area (Å²) in [6.07, 6.45) is 8.20. The van der Waals surface area contributed by atoms with Crippen LogP contribution in [0.25, 0.3) is 0 Å². The van der Waals surface area contributed by atoms with Gasteiger partial charge in [-0.25, -0.2) is 9.10 Å². The van der Waals surface area contributed by atoms with Gasteiger partial charge in [0, 0.05) is 45.9 Å². The smallest absolute Gasteiger partial charge is 0.348 e. The van der Waals surface area contributed by atoms with Crippen LogP contribution >= 0.6 is 11.9 Å². The topological polar surface area (TPSA) is 197 Å². The minimum absolute atomic E-state index is 0.0341. The van der Waals surface area contributed by atoms with E-state index in [4.69, 9.17) is 4.55 Å². The zero-order valence-electron chi connectivity index (χ0n) is 37.1. The van der Waals surface area contributed by atoms with Crippen molar-refractivity contribution in [2.75, 3.05) is 49.7 Å². The fraction of sp³-hybridized carbons (Fsp3) is 0.634. The molecule has 0 spiro atoms. The Hall–Kier alpha value is -3.29. The number of halogens is 1. The van der Waals surface area contributed by atoms with E-state index >= 15 is 0 Å². The fourth-order valence-corrected chi connectivity index (χ4v) is 7.94. The number of nitrogens with one attached hydrogen (secondary N) is 1. The number of rotatable bonds is 18. The van der Waals surface area contributed by atoms with Gasteiger partial charge in [-0.3, -0.25) is 23.6 Å². The predicted octanol–water partition coefficient (Wildman–Crippen LogP) is 8.42. The lowest BCUT2D eigenvalue weighted by atomic mass is 9.72. The summed E-state index contributed by atoms with van der Waals surface area (Å²) >= 11 is 1.47. The van der Waals surface area contributed by atoms with Crippen LogP contribution < -0.4 is 10.2 Å². The van der Waals surface area contributed by atoms with Crippen LogP contribution in [0.4, 0.5) is 10.2 Å². The molecule has 1 aliphatic carbocycles. The molecule has 0 aromatic heterocycles. The highest BCUT2D eigenvalue weighted by atomic mass is 32.2. The molecule has 18 heteroatoms. The molecular formula is C41H70FN3O11S3. The number of carbonyl (C=O) groups excluding carboxylic acids is 3. The van der Waals surface area contributed by atoms with Crippen LogP contribution in [0.15, 0.2) is 58.2 Å². The first-order valence-corrected chi connectivity index (χ1v) is 24.2. The standard InChI is InChI=1S/C32H46FN3O9S3.C3H6O2.3C2H6/c1-6-23-19-24(22-32(4,21-23)30(38)34-14-18-48(42,43)44)10-13-28-31(2,3)26-20-25(46-35(5)15-7-9-29(37)45-33)11-12-27(26)36(28)16-8-17-47(39,40)41;1-2-5-3-4;3*1-2/h10-13,19-20H,6-9,14-18,21-22H2,1-5H3,(H,34,38)(H,39,40,41)(H,42,43,44);3H,2H2,1H3;3*1-2H3/b24-10-,28-13+;;;;. The van der Waals surface area contributed by atoms with E-state index in [2.05, 4.69) is 41.0 Å². The van der Waals surface area contributed by atoms with E-state index < -0.39 is 48.5 Å². The molecule has 1 amide bonds. The summed E-state index contributed by atoms with van der Waals surface area (Å²) in [6, 6.07) is 5.99. The van der Waals surface area contributed by atoms with Gasteiger partial charge in [0.15, 0.2) is 0 Å². The van der Waals surface area contributed by atoms with E-state index in [-0.39, 0.29) is 25.3 Å². The zero-order chi connectivity index (χ0) is 46.0. The van der Waals surface area contributed by atoms with Gasteiger partial charge in [-0.15, -0.1) is 0 Å². The van der Waals surface area contributed by atoms with Crippen molar-refractivity contribution < 1.29 is 54.5 Å². The van der Waals surface area contributed by atoms with Crippen molar-refractivity contribution in [1.82, 2.24) is 9.62 Å². The number of ether oxygens (including phenoxy) is 1. The Balaban J connectivity index is 0. The van der Waals surface area contributed by atoms with Gasteiger partial charge in [0.05, 0.1) is 29.9 Å². The van der Waals surface area contributed by atoms with E-state index in [1.54, 1.807) is 6.92 Å². The summed E-state index contributed by atoms with van der Waals surface area (Å²) in [5.41, 5.74) is 3.41. The minimum atomic E-state index is -4.21. The highest BCUT2D eigenvalue weighted by Gasteiger charge is 2.41. The van der Waals surface area contributed by atoms with Crippen LogP contribution in [0.2, 0.25) is 0 Å². The van der Waals surface area contributed by atoms with Gasteiger partial charge in [0.25, 0.3) is 26.7 Å². The monoisotopic (exact) mass is 895 g/mol. The Bertz CT molecular complexity index is 1770. The van der Waals surface area contributed by atoms with Crippen LogP contribution in [-0.2, 0) is 49.7 Å². The van der Waals surface area contributed by atoms with E-state index in [0.29, 0.717) is 45.4 Å². The number of carbonyl (C=O) groups is 3. The van der Waals surface area contributed by atoms with Crippen LogP contribution in [0.3, 0.4) is 0 Å². The van der Waals surface area contributed by atoms with Gasteiger partial charge in [-0.2, -0.15) is 16.8 Å². The third kappa shape index (κ3) is 21.2. The van der Waals surface area contributed by atoms with Crippen molar-refractivity contribution in [2.45, 2.75) is 125 Å². The molecule has 14 nitrogen and oxygen atoms in total. The van der Waals surface area contributed by atoms with Crippen LogP contribution in [0, 0.1) is 5.41 Å². The second-order valence-electron chi connectivity index (χ2n) is 13.5. The van der Waals surface area contributed by atoms with Crippen molar-refractivity contribution in [3.8, 4) is 0 Å². The largest absolute Gasteiger partial charge is 0.468 e. The molecule has 1 aromatic rings. The van der Waals surface area contributed by atoms with Gasteiger partial charge < -0.3 is 15.0 Å². The minimum Gasteiger partial charge on any atom is -0.468 e. The number of allylic oxidation sites excluding steroid dienone is 6. The number of nitrogens with zero attached hydrogens (tertiary/aromatic N) is 2. The van der Waals surface area contributed by atoms with Crippen molar-refractivity contribution in [3.05, 3.63) is 58.8 Å². The molecule has 0 radical (unpaired) electrons. The van der Waals surface area contributed by atoms with Crippen molar-refractivity contribution in [2.24, 2.45) is 5.41 Å². The van der Waals surface area contributed by atoms with Gasteiger partial charge >= 0.3 is 5.97 Å². The molecule has 1 unspecified atom stereocenters. The maximum absolute atomic E-state index is 13.2. The highest BCUT2D eigenvalue weighted by Crippen LogP contribution is 2.49. The van der Waals surface area contributed by atoms with Crippen LogP contribution in [0.5, 0.6) is 0 Å². The Morgan fingerprint density at radius 2 is 1.58 bits per heavy atom. The number of anilines is 1. The maximum Gasteiger partial charge on any atom is 0.348 e. The summed E-state index contributed by atoms with van der Waals surface area (Å²) < 4.78 is 81.9. The van der Waals surface area contributed by atoms with E-state index in [1.807, 2.05) is 95.9 Å². The molecule has 0 fully saturated rings. The summed E-state index contributed by atoms with van der Waals surface area (Å²) in [7, 11) is -6.50. The number of benzene rings is 1. The van der Waals surface area contributed by atoms with Gasteiger partial charge in [0.2, 0.25) is 5.91 Å². The highest BCUT2D eigenvalue weighted by molar-refractivity contribution is 7.97.